The molecule has 0 saturated heterocycles. The topological polar surface area (TPSA) is 54.4 Å². The van der Waals surface area contributed by atoms with Crippen molar-refractivity contribution in [2.75, 3.05) is 25.6 Å². The van der Waals surface area contributed by atoms with Gasteiger partial charge in [-0.05, 0) is 28.4 Å². The number of ether oxygens (including phenoxy) is 1. The van der Waals surface area contributed by atoms with Crippen molar-refractivity contribution < 1.29 is 14.2 Å². The maximum absolute atomic E-state index is 13.4. The lowest BCUT2D eigenvalue weighted by molar-refractivity contribution is 0.170. The average molecular weight is 293 g/mol. The van der Waals surface area contributed by atoms with Gasteiger partial charge in [0.25, 0.3) is 0 Å². The first-order valence-electron chi connectivity index (χ1n) is 4.84. The van der Waals surface area contributed by atoms with Gasteiger partial charge in [0.05, 0.1) is 12.6 Å². The molecule has 0 aliphatic carbocycles. The first-order valence-corrected chi connectivity index (χ1v) is 5.64. The lowest BCUT2D eigenvalue weighted by Crippen LogP contribution is -2.27. The molecule has 0 radical (unpaired) electrons. The van der Waals surface area contributed by atoms with E-state index in [-0.39, 0.29) is 18.5 Å². The molecule has 16 heavy (non-hydrogen) atoms. The Morgan fingerprint density at radius 1 is 1.69 bits per heavy atom. The molecule has 0 bridgehead atoms. The molecule has 0 amide bonds. The lowest BCUT2D eigenvalue weighted by Gasteiger charge is -2.17. The Bertz CT molecular complexity index is 333. The van der Waals surface area contributed by atoms with Gasteiger partial charge in [-0.25, -0.2) is 9.37 Å². The second-order valence-corrected chi connectivity index (χ2v) is 4.21. The first kappa shape index (κ1) is 13.3. The Morgan fingerprint density at radius 3 is 3.00 bits per heavy atom. The summed E-state index contributed by atoms with van der Waals surface area (Å²) in [4.78, 5) is 3.91. The van der Waals surface area contributed by atoms with Gasteiger partial charge in [0, 0.05) is 24.4 Å². The van der Waals surface area contributed by atoms with Gasteiger partial charge in [0.15, 0.2) is 11.6 Å². The zero-order valence-corrected chi connectivity index (χ0v) is 10.5. The summed E-state index contributed by atoms with van der Waals surface area (Å²) in [5.74, 6) is -0.271. The van der Waals surface area contributed by atoms with Crippen LogP contribution in [0.1, 0.15) is 6.42 Å². The van der Waals surface area contributed by atoms with Crippen LogP contribution in [0.25, 0.3) is 0 Å². The fourth-order valence-electron chi connectivity index (χ4n) is 1.27. The Kier molecular flexibility index (Phi) is 5.65. The second kappa shape index (κ2) is 6.78. The van der Waals surface area contributed by atoms with E-state index in [0.29, 0.717) is 17.5 Å². The number of anilines is 1. The van der Waals surface area contributed by atoms with E-state index in [1.807, 2.05) is 0 Å². The highest BCUT2D eigenvalue weighted by Gasteiger charge is 2.11. The molecule has 1 rings (SSSR count). The van der Waals surface area contributed by atoms with Crippen LogP contribution >= 0.6 is 15.9 Å². The minimum absolute atomic E-state index is 0.0131. The molecule has 90 valence electrons. The van der Waals surface area contributed by atoms with Crippen molar-refractivity contribution in [2.24, 2.45) is 0 Å². The van der Waals surface area contributed by atoms with E-state index in [1.165, 1.54) is 12.3 Å². The van der Waals surface area contributed by atoms with Gasteiger partial charge < -0.3 is 15.2 Å². The summed E-state index contributed by atoms with van der Waals surface area (Å²) in [5, 5.41) is 11.7. The Labute approximate surface area is 102 Å². The SMILES string of the molecule is COCC(CCO)Nc1ncc(Br)cc1F. The smallest absolute Gasteiger partial charge is 0.166 e. The molecule has 2 N–H and O–H groups in total. The van der Waals surface area contributed by atoms with Crippen molar-refractivity contribution in [3.8, 4) is 0 Å². The van der Waals surface area contributed by atoms with Crippen molar-refractivity contribution in [3.63, 3.8) is 0 Å². The molecule has 0 aromatic carbocycles. The molecule has 0 saturated carbocycles. The minimum atomic E-state index is -0.437. The van der Waals surface area contributed by atoms with Crippen LogP contribution in [0.5, 0.6) is 0 Å². The summed E-state index contributed by atoms with van der Waals surface area (Å²) in [7, 11) is 1.55. The van der Waals surface area contributed by atoms with E-state index in [0.717, 1.165) is 0 Å². The van der Waals surface area contributed by atoms with Gasteiger partial charge in [-0.3, -0.25) is 0 Å². The van der Waals surface area contributed by atoms with Crippen LogP contribution < -0.4 is 5.32 Å². The maximum atomic E-state index is 13.4. The molecular formula is C10H14BrFN2O2. The van der Waals surface area contributed by atoms with Crippen LogP contribution in [-0.2, 0) is 4.74 Å². The van der Waals surface area contributed by atoms with Gasteiger partial charge in [-0.1, -0.05) is 0 Å². The third-order valence-electron chi connectivity index (χ3n) is 1.99. The van der Waals surface area contributed by atoms with E-state index in [9.17, 15) is 4.39 Å². The summed E-state index contributed by atoms with van der Waals surface area (Å²) >= 11 is 3.13. The number of aliphatic hydroxyl groups excluding tert-OH is 1. The Balaban J connectivity index is 2.68. The predicted octanol–water partition coefficient (Wildman–Crippen LogP) is 1.79. The quantitative estimate of drug-likeness (QED) is 0.839. The highest BCUT2D eigenvalue weighted by atomic mass is 79.9. The molecule has 0 aliphatic rings. The number of aromatic nitrogens is 1. The summed E-state index contributed by atoms with van der Waals surface area (Å²) in [5.41, 5.74) is 0. The zero-order valence-electron chi connectivity index (χ0n) is 8.91. The molecule has 0 fully saturated rings. The first-order chi connectivity index (χ1) is 7.67. The van der Waals surface area contributed by atoms with Crippen LogP contribution in [-0.4, -0.2) is 36.5 Å². The molecule has 1 aromatic rings. The number of nitrogens with one attached hydrogen (secondary N) is 1. The van der Waals surface area contributed by atoms with Crippen molar-refractivity contribution >= 4 is 21.7 Å². The molecule has 0 aliphatic heterocycles. The van der Waals surface area contributed by atoms with Crippen molar-refractivity contribution in [1.29, 1.82) is 0 Å². The van der Waals surface area contributed by atoms with Crippen LogP contribution in [0, 0.1) is 5.82 Å². The summed E-state index contributed by atoms with van der Waals surface area (Å²) < 4.78 is 19.0. The number of pyridine rings is 1. The van der Waals surface area contributed by atoms with Crippen molar-refractivity contribution in [1.82, 2.24) is 4.98 Å². The molecule has 1 unspecified atom stereocenters. The number of aliphatic hydroxyl groups is 1. The highest BCUT2D eigenvalue weighted by Crippen LogP contribution is 2.17. The van der Waals surface area contributed by atoms with Gasteiger partial charge >= 0.3 is 0 Å². The van der Waals surface area contributed by atoms with Gasteiger partial charge in [0.1, 0.15) is 0 Å². The number of nitrogens with zero attached hydrogens (tertiary/aromatic N) is 1. The van der Waals surface area contributed by atoms with E-state index in [4.69, 9.17) is 9.84 Å². The van der Waals surface area contributed by atoms with E-state index >= 15 is 0 Å². The largest absolute Gasteiger partial charge is 0.396 e. The fraction of sp³-hybridized carbons (Fsp3) is 0.500. The van der Waals surface area contributed by atoms with Crippen LogP contribution in [0.3, 0.4) is 0 Å². The average Bonchev–Trinajstić information content (AvgIpc) is 2.23. The molecule has 1 aromatic heterocycles. The normalized spacial score (nSPS) is 12.5. The van der Waals surface area contributed by atoms with Crippen LogP contribution in [0.2, 0.25) is 0 Å². The van der Waals surface area contributed by atoms with Gasteiger partial charge in [0.2, 0.25) is 0 Å². The molecule has 4 nitrogen and oxygen atoms in total. The van der Waals surface area contributed by atoms with Gasteiger partial charge in [-0.15, -0.1) is 0 Å². The molecule has 1 heterocycles. The lowest BCUT2D eigenvalue weighted by atomic mass is 10.2. The molecule has 1 atom stereocenters. The summed E-state index contributed by atoms with van der Waals surface area (Å²) in [6.45, 7) is 0.400. The third-order valence-corrected chi connectivity index (χ3v) is 2.43. The van der Waals surface area contributed by atoms with Crippen LogP contribution in [0.4, 0.5) is 10.2 Å². The zero-order chi connectivity index (χ0) is 12.0. The van der Waals surface area contributed by atoms with Crippen molar-refractivity contribution in [3.05, 3.63) is 22.6 Å². The fourth-order valence-corrected chi connectivity index (χ4v) is 1.57. The second-order valence-electron chi connectivity index (χ2n) is 3.29. The number of rotatable bonds is 6. The molecular weight excluding hydrogens is 279 g/mol. The minimum Gasteiger partial charge on any atom is -0.396 e. The summed E-state index contributed by atoms with van der Waals surface area (Å²) in [6, 6.07) is 1.18. The van der Waals surface area contributed by atoms with Gasteiger partial charge in [-0.2, -0.15) is 0 Å². The molecule has 0 spiro atoms. The third kappa shape index (κ3) is 4.03. The Morgan fingerprint density at radius 2 is 2.44 bits per heavy atom. The Hall–Kier alpha value is -0.720. The number of methoxy groups -OCH3 is 1. The number of hydrogen-bond donors (Lipinski definition) is 2. The summed E-state index contributed by atoms with van der Waals surface area (Å²) in [6.07, 6.45) is 1.99. The predicted molar refractivity (Wildman–Crippen MR) is 62.9 cm³/mol. The van der Waals surface area contributed by atoms with E-state index in [1.54, 1.807) is 7.11 Å². The number of halogens is 2. The molecule has 6 heteroatoms. The maximum Gasteiger partial charge on any atom is 0.166 e. The monoisotopic (exact) mass is 292 g/mol. The van der Waals surface area contributed by atoms with E-state index < -0.39 is 5.82 Å². The number of hydrogen-bond acceptors (Lipinski definition) is 4. The van der Waals surface area contributed by atoms with Crippen molar-refractivity contribution in [2.45, 2.75) is 12.5 Å². The van der Waals surface area contributed by atoms with Crippen LogP contribution in [0.15, 0.2) is 16.7 Å². The van der Waals surface area contributed by atoms with E-state index in [2.05, 4.69) is 26.2 Å². The standard InChI is InChI=1S/C10H14BrFN2O2/c1-16-6-8(2-3-15)14-10-9(12)4-7(11)5-13-10/h4-5,8,15H,2-3,6H2,1H3,(H,13,14). The highest BCUT2D eigenvalue weighted by molar-refractivity contribution is 9.10.